The first kappa shape index (κ1) is 13.7. The number of nitrogens with zero attached hydrogens (tertiary/aromatic N) is 3. The minimum absolute atomic E-state index is 0.125. The molecule has 1 aromatic heterocycles. The summed E-state index contributed by atoms with van der Waals surface area (Å²) >= 11 is 0. The molecular weight excluding hydrogens is 216 g/mol. The average Bonchev–Trinajstić information content (AvgIpc) is 2.36. The van der Waals surface area contributed by atoms with Crippen LogP contribution in [0.1, 0.15) is 26.1 Å². The number of aryl methyl sites for hydroxylation is 1. The molecule has 5 heteroatoms. The highest BCUT2D eigenvalue weighted by Crippen LogP contribution is 2.15. The van der Waals surface area contributed by atoms with Crippen molar-refractivity contribution in [1.82, 2.24) is 9.97 Å². The minimum Gasteiger partial charge on any atom is -0.395 e. The lowest BCUT2D eigenvalue weighted by molar-refractivity contribution is 0.304. The van der Waals surface area contributed by atoms with Crippen LogP contribution in [0.4, 0.5) is 11.6 Å². The van der Waals surface area contributed by atoms with E-state index < -0.39 is 0 Å². The Labute approximate surface area is 103 Å². The fourth-order valence-corrected chi connectivity index (χ4v) is 1.44. The number of aliphatic hydroxyl groups is 1. The molecule has 1 aromatic rings. The lowest BCUT2D eigenvalue weighted by Crippen LogP contribution is -2.23. The summed E-state index contributed by atoms with van der Waals surface area (Å²) in [6, 6.07) is 1.92. The molecule has 1 rings (SSSR count). The number of rotatable bonds is 7. The Morgan fingerprint density at radius 1 is 1.35 bits per heavy atom. The predicted octanol–water partition coefficient (Wildman–Crippen LogP) is 1.29. The highest BCUT2D eigenvalue weighted by Gasteiger charge is 2.06. The molecule has 0 fully saturated rings. The topological polar surface area (TPSA) is 61.3 Å². The maximum atomic E-state index is 8.93. The molecule has 2 N–H and O–H groups in total. The van der Waals surface area contributed by atoms with Crippen molar-refractivity contribution in [3.63, 3.8) is 0 Å². The molecule has 0 amide bonds. The van der Waals surface area contributed by atoms with E-state index in [-0.39, 0.29) is 6.61 Å². The summed E-state index contributed by atoms with van der Waals surface area (Å²) in [5.74, 6) is 2.54. The smallest absolute Gasteiger partial charge is 0.134 e. The maximum absolute atomic E-state index is 8.93. The molecular formula is C12H22N4O. The number of hydrogen-bond acceptors (Lipinski definition) is 5. The van der Waals surface area contributed by atoms with E-state index in [1.807, 2.05) is 24.9 Å². The molecule has 0 unspecified atom stereocenters. The lowest BCUT2D eigenvalue weighted by atomic mass is 10.4. The lowest BCUT2D eigenvalue weighted by Gasteiger charge is -2.18. The van der Waals surface area contributed by atoms with E-state index in [4.69, 9.17) is 5.11 Å². The molecule has 0 aliphatic rings. The fourth-order valence-electron chi connectivity index (χ4n) is 1.44. The molecule has 0 aliphatic heterocycles. The standard InChI is InChI=1S/C12H22N4O/c1-4-6-13-11-9-12(16(3)7-8-17)15-10(5-2)14-11/h9,17H,4-8H2,1-3H3,(H,13,14,15). The molecule has 0 saturated heterocycles. The van der Waals surface area contributed by atoms with Crippen molar-refractivity contribution in [3.8, 4) is 0 Å². The van der Waals surface area contributed by atoms with E-state index in [1.54, 1.807) is 0 Å². The van der Waals surface area contributed by atoms with Gasteiger partial charge in [0.15, 0.2) is 0 Å². The van der Waals surface area contributed by atoms with Gasteiger partial charge < -0.3 is 15.3 Å². The van der Waals surface area contributed by atoms with Crippen LogP contribution in [0.2, 0.25) is 0 Å². The van der Waals surface area contributed by atoms with Gasteiger partial charge in [-0.1, -0.05) is 13.8 Å². The normalized spacial score (nSPS) is 10.4. The first-order valence-corrected chi connectivity index (χ1v) is 6.15. The van der Waals surface area contributed by atoms with Crippen LogP contribution < -0.4 is 10.2 Å². The van der Waals surface area contributed by atoms with Gasteiger partial charge in [0.2, 0.25) is 0 Å². The molecule has 17 heavy (non-hydrogen) atoms. The van der Waals surface area contributed by atoms with Crippen LogP contribution >= 0.6 is 0 Å². The van der Waals surface area contributed by atoms with E-state index in [1.165, 1.54) is 0 Å². The first-order chi connectivity index (χ1) is 8.21. The van der Waals surface area contributed by atoms with Crippen LogP contribution in [0, 0.1) is 0 Å². The zero-order valence-corrected chi connectivity index (χ0v) is 10.9. The Balaban J connectivity index is 2.88. The van der Waals surface area contributed by atoms with E-state index in [0.717, 1.165) is 36.8 Å². The zero-order chi connectivity index (χ0) is 12.7. The van der Waals surface area contributed by atoms with Crippen molar-refractivity contribution >= 4 is 11.6 Å². The van der Waals surface area contributed by atoms with Crippen molar-refractivity contribution < 1.29 is 5.11 Å². The molecule has 0 radical (unpaired) electrons. The van der Waals surface area contributed by atoms with Crippen LogP contribution in [0.25, 0.3) is 0 Å². The van der Waals surface area contributed by atoms with Gasteiger partial charge in [-0.25, -0.2) is 9.97 Å². The molecule has 0 saturated carbocycles. The highest BCUT2D eigenvalue weighted by atomic mass is 16.3. The monoisotopic (exact) mass is 238 g/mol. The van der Waals surface area contributed by atoms with Gasteiger partial charge in [-0.3, -0.25) is 0 Å². The van der Waals surface area contributed by atoms with Gasteiger partial charge in [-0.05, 0) is 6.42 Å². The van der Waals surface area contributed by atoms with E-state index in [9.17, 15) is 0 Å². The van der Waals surface area contributed by atoms with Crippen LogP contribution in [-0.2, 0) is 6.42 Å². The fraction of sp³-hybridized carbons (Fsp3) is 0.667. The summed E-state index contributed by atoms with van der Waals surface area (Å²) in [4.78, 5) is 10.8. The molecule has 1 heterocycles. The molecule has 0 atom stereocenters. The molecule has 0 aliphatic carbocycles. The number of aliphatic hydroxyl groups excluding tert-OH is 1. The second kappa shape index (κ2) is 7.06. The Morgan fingerprint density at radius 2 is 2.12 bits per heavy atom. The van der Waals surface area contributed by atoms with E-state index in [2.05, 4.69) is 22.2 Å². The van der Waals surface area contributed by atoms with Gasteiger partial charge in [0.25, 0.3) is 0 Å². The SMILES string of the molecule is CCCNc1cc(N(C)CCO)nc(CC)n1. The third-order valence-electron chi connectivity index (χ3n) is 2.46. The summed E-state index contributed by atoms with van der Waals surface area (Å²) in [5, 5.41) is 12.2. The van der Waals surface area contributed by atoms with Crippen molar-refractivity contribution in [2.75, 3.05) is 37.0 Å². The summed E-state index contributed by atoms with van der Waals surface area (Å²) < 4.78 is 0. The van der Waals surface area contributed by atoms with Gasteiger partial charge in [-0.15, -0.1) is 0 Å². The van der Waals surface area contributed by atoms with E-state index >= 15 is 0 Å². The van der Waals surface area contributed by atoms with Gasteiger partial charge >= 0.3 is 0 Å². The minimum atomic E-state index is 0.125. The summed E-state index contributed by atoms with van der Waals surface area (Å²) in [7, 11) is 1.92. The Morgan fingerprint density at radius 3 is 2.71 bits per heavy atom. The number of likely N-dealkylation sites (N-methyl/N-ethyl adjacent to an activating group) is 1. The van der Waals surface area contributed by atoms with Gasteiger partial charge in [0, 0.05) is 32.6 Å². The van der Waals surface area contributed by atoms with Crippen LogP contribution in [0.15, 0.2) is 6.07 Å². The number of nitrogens with one attached hydrogen (secondary N) is 1. The first-order valence-electron chi connectivity index (χ1n) is 6.15. The van der Waals surface area contributed by atoms with Crippen molar-refractivity contribution in [2.24, 2.45) is 0 Å². The quantitative estimate of drug-likeness (QED) is 0.749. The zero-order valence-electron chi connectivity index (χ0n) is 10.9. The number of hydrogen-bond donors (Lipinski definition) is 2. The average molecular weight is 238 g/mol. The number of aromatic nitrogens is 2. The Hall–Kier alpha value is -1.36. The van der Waals surface area contributed by atoms with Crippen molar-refractivity contribution in [1.29, 1.82) is 0 Å². The van der Waals surface area contributed by atoms with Gasteiger partial charge in [0.05, 0.1) is 6.61 Å². The van der Waals surface area contributed by atoms with Crippen molar-refractivity contribution in [3.05, 3.63) is 11.9 Å². The molecule has 5 nitrogen and oxygen atoms in total. The second-order valence-electron chi connectivity index (χ2n) is 3.95. The van der Waals surface area contributed by atoms with E-state index in [0.29, 0.717) is 6.54 Å². The number of anilines is 2. The summed E-state index contributed by atoms with van der Waals surface area (Å²) in [5.41, 5.74) is 0. The Kier molecular flexibility index (Phi) is 5.69. The molecule has 0 aromatic carbocycles. The van der Waals surface area contributed by atoms with Crippen molar-refractivity contribution in [2.45, 2.75) is 26.7 Å². The molecule has 0 bridgehead atoms. The molecule has 96 valence electrons. The third kappa shape index (κ3) is 4.19. The molecule has 0 spiro atoms. The van der Waals surface area contributed by atoms with Crippen LogP contribution in [0.5, 0.6) is 0 Å². The highest BCUT2D eigenvalue weighted by molar-refractivity contribution is 5.49. The van der Waals surface area contributed by atoms with Crippen LogP contribution in [-0.4, -0.2) is 41.8 Å². The van der Waals surface area contributed by atoms with Gasteiger partial charge in [0.1, 0.15) is 17.5 Å². The summed E-state index contributed by atoms with van der Waals surface area (Å²) in [6.45, 7) is 5.76. The van der Waals surface area contributed by atoms with Gasteiger partial charge in [-0.2, -0.15) is 0 Å². The van der Waals surface area contributed by atoms with Crippen LogP contribution in [0.3, 0.4) is 0 Å². The predicted molar refractivity (Wildman–Crippen MR) is 70.5 cm³/mol. The second-order valence-corrected chi connectivity index (χ2v) is 3.95. The Bertz CT molecular complexity index is 343. The largest absolute Gasteiger partial charge is 0.395 e. The maximum Gasteiger partial charge on any atom is 0.134 e. The summed E-state index contributed by atoms with van der Waals surface area (Å²) in [6.07, 6.45) is 1.87. The third-order valence-corrected chi connectivity index (χ3v) is 2.46.